The summed E-state index contributed by atoms with van der Waals surface area (Å²) in [5.74, 6) is 1.49. The lowest BCUT2D eigenvalue weighted by Crippen LogP contribution is -2.45. The van der Waals surface area contributed by atoms with Crippen molar-refractivity contribution in [2.24, 2.45) is 5.92 Å². The van der Waals surface area contributed by atoms with Crippen molar-refractivity contribution in [3.05, 3.63) is 78.4 Å². The summed E-state index contributed by atoms with van der Waals surface area (Å²) in [5.41, 5.74) is 1.39. The smallest absolute Gasteiger partial charge is 0.263 e. The zero-order valence-electron chi connectivity index (χ0n) is 16.4. The number of fused-ring (bicyclic) bond motifs is 1. The van der Waals surface area contributed by atoms with Gasteiger partial charge >= 0.3 is 0 Å². The van der Waals surface area contributed by atoms with Crippen molar-refractivity contribution in [1.82, 2.24) is 4.90 Å². The summed E-state index contributed by atoms with van der Waals surface area (Å²) in [5, 5.41) is 2.30. The predicted molar refractivity (Wildman–Crippen MR) is 113 cm³/mol. The highest BCUT2D eigenvalue weighted by Gasteiger charge is 2.27. The molecule has 1 atom stereocenters. The Hall–Kier alpha value is -2.81. The molecule has 1 fully saturated rings. The Morgan fingerprint density at radius 1 is 0.964 bits per heavy atom. The van der Waals surface area contributed by atoms with Crippen molar-refractivity contribution in [3.8, 4) is 5.75 Å². The Bertz CT molecular complexity index is 929. The fourth-order valence-corrected chi connectivity index (χ4v) is 4.06. The third kappa shape index (κ3) is 4.36. The van der Waals surface area contributed by atoms with E-state index < -0.39 is 6.10 Å². The van der Waals surface area contributed by atoms with Crippen LogP contribution in [0.15, 0.2) is 72.8 Å². The van der Waals surface area contributed by atoms with Crippen LogP contribution in [-0.4, -0.2) is 30.0 Å². The molecule has 3 aromatic rings. The second-order valence-electron chi connectivity index (χ2n) is 7.73. The van der Waals surface area contributed by atoms with Crippen LogP contribution in [0.2, 0.25) is 0 Å². The van der Waals surface area contributed by atoms with E-state index in [1.807, 2.05) is 42.2 Å². The van der Waals surface area contributed by atoms with Gasteiger partial charge in [0.05, 0.1) is 0 Å². The zero-order valence-corrected chi connectivity index (χ0v) is 16.4. The molecule has 3 nitrogen and oxygen atoms in total. The third-order valence-electron chi connectivity index (χ3n) is 5.67. The van der Waals surface area contributed by atoms with E-state index in [0.29, 0.717) is 5.92 Å². The molecular weight excluding hydrogens is 346 g/mol. The number of hydrogen-bond acceptors (Lipinski definition) is 2. The van der Waals surface area contributed by atoms with Crippen molar-refractivity contribution in [3.63, 3.8) is 0 Å². The first kappa shape index (κ1) is 18.5. The van der Waals surface area contributed by atoms with E-state index in [0.717, 1.165) is 43.5 Å². The van der Waals surface area contributed by atoms with E-state index in [1.165, 1.54) is 10.9 Å². The van der Waals surface area contributed by atoms with Gasteiger partial charge in [-0.05, 0) is 60.6 Å². The number of likely N-dealkylation sites (tertiary alicyclic amines) is 1. The Labute approximate surface area is 166 Å². The SMILES string of the molecule is C[C@H](Oc1ccc2ccccc2c1)C(=O)N1CCC(Cc2ccccc2)CC1. The summed E-state index contributed by atoms with van der Waals surface area (Å²) in [6, 6.07) is 24.8. The lowest BCUT2D eigenvalue weighted by atomic mass is 9.90. The number of nitrogens with zero attached hydrogens (tertiary/aromatic N) is 1. The Morgan fingerprint density at radius 2 is 1.64 bits per heavy atom. The summed E-state index contributed by atoms with van der Waals surface area (Å²) < 4.78 is 5.97. The van der Waals surface area contributed by atoms with Crippen LogP contribution in [0.25, 0.3) is 10.8 Å². The van der Waals surface area contributed by atoms with E-state index >= 15 is 0 Å². The van der Waals surface area contributed by atoms with Crippen LogP contribution in [-0.2, 0) is 11.2 Å². The number of rotatable bonds is 5. The second kappa shape index (κ2) is 8.47. The minimum absolute atomic E-state index is 0.0892. The number of hydrogen-bond donors (Lipinski definition) is 0. The highest BCUT2D eigenvalue weighted by Crippen LogP contribution is 2.24. The molecule has 0 saturated carbocycles. The minimum Gasteiger partial charge on any atom is -0.481 e. The Balaban J connectivity index is 1.31. The minimum atomic E-state index is -0.466. The molecule has 3 heteroatoms. The van der Waals surface area contributed by atoms with Gasteiger partial charge in [-0.15, -0.1) is 0 Å². The van der Waals surface area contributed by atoms with Gasteiger partial charge in [0.2, 0.25) is 0 Å². The zero-order chi connectivity index (χ0) is 19.3. The van der Waals surface area contributed by atoms with E-state index in [9.17, 15) is 4.79 Å². The number of amides is 1. The molecule has 1 aliphatic heterocycles. The van der Waals surface area contributed by atoms with Crippen LogP contribution < -0.4 is 4.74 Å². The molecule has 0 bridgehead atoms. The lowest BCUT2D eigenvalue weighted by Gasteiger charge is -2.33. The molecule has 0 unspecified atom stereocenters. The summed E-state index contributed by atoms with van der Waals surface area (Å²) >= 11 is 0. The molecule has 28 heavy (non-hydrogen) atoms. The van der Waals surface area contributed by atoms with Crippen LogP contribution in [0.1, 0.15) is 25.3 Å². The maximum atomic E-state index is 12.8. The maximum Gasteiger partial charge on any atom is 0.263 e. The maximum absolute atomic E-state index is 12.8. The van der Waals surface area contributed by atoms with Gasteiger partial charge < -0.3 is 9.64 Å². The van der Waals surface area contributed by atoms with Crippen LogP contribution >= 0.6 is 0 Å². The summed E-state index contributed by atoms with van der Waals surface area (Å²) in [7, 11) is 0. The van der Waals surface area contributed by atoms with Crippen molar-refractivity contribution >= 4 is 16.7 Å². The normalized spacial score (nSPS) is 16.1. The van der Waals surface area contributed by atoms with Gasteiger partial charge in [-0.2, -0.15) is 0 Å². The van der Waals surface area contributed by atoms with Crippen molar-refractivity contribution in [2.45, 2.75) is 32.3 Å². The molecule has 144 valence electrons. The number of carbonyl (C=O) groups excluding carboxylic acids is 1. The molecule has 0 spiro atoms. The van der Waals surface area contributed by atoms with E-state index in [-0.39, 0.29) is 5.91 Å². The van der Waals surface area contributed by atoms with Gasteiger partial charge in [-0.25, -0.2) is 0 Å². The molecule has 1 amide bonds. The molecule has 0 radical (unpaired) electrons. The number of benzene rings is 3. The molecule has 0 aliphatic carbocycles. The lowest BCUT2D eigenvalue weighted by molar-refractivity contribution is -0.139. The molecule has 1 aliphatic rings. The molecule has 3 aromatic carbocycles. The highest BCUT2D eigenvalue weighted by molar-refractivity contribution is 5.84. The first-order valence-corrected chi connectivity index (χ1v) is 10.2. The van der Waals surface area contributed by atoms with E-state index in [2.05, 4.69) is 42.5 Å². The van der Waals surface area contributed by atoms with Crippen LogP contribution in [0.3, 0.4) is 0 Å². The first-order chi connectivity index (χ1) is 13.7. The Morgan fingerprint density at radius 3 is 2.39 bits per heavy atom. The largest absolute Gasteiger partial charge is 0.481 e. The van der Waals surface area contributed by atoms with Gasteiger partial charge in [0, 0.05) is 13.1 Å². The standard InChI is InChI=1S/C25H27NO2/c1-19(28-24-12-11-22-9-5-6-10-23(22)18-24)25(27)26-15-13-21(14-16-26)17-20-7-3-2-4-8-20/h2-12,18-19,21H,13-17H2,1H3/t19-/m0/s1. The van der Waals surface area contributed by atoms with Gasteiger partial charge in [0.25, 0.3) is 5.91 Å². The van der Waals surface area contributed by atoms with Gasteiger partial charge in [0.1, 0.15) is 5.75 Å². The highest BCUT2D eigenvalue weighted by atomic mass is 16.5. The van der Waals surface area contributed by atoms with E-state index in [4.69, 9.17) is 4.74 Å². The average molecular weight is 373 g/mol. The van der Waals surface area contributed by atoms with Gasteiger partial charge in [0.15, 0.2) is 6.10 Å². The number of ether oxygens (including phenoxy) is 1. The first-order valence-electron chi connectivity index (χ1n) is 10.2. The molecule has 1 saturated heterocycles. The van der Waals surface area contributed by atoms with Gasteiger partial charge in [-0.3, -0.25) is 4.79 Å². The molecule has 0 aromatic heterocycles. The van der Waals surface area contributed by atoms with Crippen molar-refractivity contribution in [2.75, 3.05) is 13.1 Å². The fraction of sp³-hybridized carbons (Fsp3) is 0.320. The summed E-state index contributed by atoms with van der Waals surface area (Å²) in [6.07, 6.45) is 2.76. The van der Waals surface area contributed by atoms with E-state index in [1.54, 1.807) is 0 Å². The third-order valence-corrected chi connectivity index (χ3v) is 5.67. The summed E-state index contributed by atoms with van der Waals surface area (Å²) in [6.45, 7) is 3.50. The predicted octanol–water partition coefficient (Wildman–Crippen LogP) is 5.09. The number of piperidine rings is 1. The average Bonchev–Trinajstić information content (AvgIpc) is 2.74. The fourth-order valence-electron chi connectivity index (χ4n) is 4.06. The van der Waals surface area contributed by atoms with Crippen LogP contribution in [0.5, 0.6) is 5.75 Å². The Kier molecular flexibility index (Phi) is 5.61. The molecule has 4 rings (SSSR count). The van der Waals surface area contributed by atoms with Crippen molar-refractivity contribution in [1.29, 1.82) is 0 Å². The molecular formula is C25H27NO2. The molecule has 0 N–H and O–H groups in total. The van der Waals surface area contributed by atoms with Gasteiger partial charge in [-0.1, -0.05) is 60.7 Å². The van der Waals surface area contributed by atoms with Crippen LogP contribution in [0.4, 0.5) is 0 Å². The quantitative estimate of drug-likeness (QED) is 0.623. The summed E-state index contributed by atoms with van der Waals surface area (Å²) in [4.78, 5) is 14.8. The topological polar surface area (TPSA) is 29.5 Å². The number of carbonyl (C=O) groups is 1. The monoisotopic (exact) mass is 373 g/mol. The van der Waals surface area contributed by atoms with Crippen molar-refractivity contribution < 1.29 is 9.53 Å². The molecule has 1 heterocycles. The van der Waals surface area contributed by atoms with Crippen LogP contribution in [0, 0.1) is 5.92 Å². The second-order valence-corrected chi connectivity index (χ2v) is 7.73.